The van der Waals surface area contributed by atoms with Gasteiger partial charge in [-0.3, -0.25) is 9.29 Å². The predicted molar refractivity (Wildman–Crippen MR) is 75.6 cm³/mol. The first-order valence-corrected chi connectivity index (χ1v) is 7.29. The standard InChI is InChI=1S/C12H11ClFN3O2S/c1-17(9-3-2-4-16-7-9)20(18,19)11-6-8(15)5-10(13)12(11)14/h2-7H,15H2,1H3. The van der Waals surface area contributed by atoms with Crippen molar-refractivity contribution in [2.24, 2.45) is 0 Å². The number of aromatic nitrogens is 1. The van der Waals surface area contributed by atoms with Gasteiger partial charge in [-0.1, -0.05) is 11.6 Å². The highest BCUT2D eigenvalue weighted by Gasteiger charge is 2.27. The molecule has 5 nitrogen and oxygen atoms in total. The molecular weight excluding hydrogens is 305 g/mol. The van der Waals surface area contributed by atoms with Crippen LogP contribution < -0.4 is 10.0 Å². The first-order chi connectivity index (χ1) is 9.34. The third-order valence-corrected chi connectivity index (χ3v) is 4.72. The van der Waals surface area contributed by atoms with Gasteiger partial charge in [-0.2, -0.15) is 0 Å². The van der Waals surface area contributed by atoms with Crippen LogP contribution in [-0.4, -0.2) is 20.4 Å². The SMILES string of the molecule is CN(c1cccnc1)S(=O)(=O)c1cc(N)cc(Cl)c1F. The second kappa shape index (κ2) is 5.26. The molecule has 1 aromatic carbocycles. The molecule has 0 saturated carbocycles. The molecule has 0 aliphatic rings. The quantitative estimate of drug-likeness (QED) is 0.882. The predicted octanol–water partition coefficient (Wildman–Crippen LogP) is 2.28. The first kappa shape index (κ1) is 14.5. The Balaban J connectivity index is 2.57. The van der Waals surface area contributed by atoms with E-state index in [-0.39, 0.29) is 10.7 Å². The number of nitrogens with two attached hydrogens (primary N) is 1. The lowest BCUT2D eigenvalue weighted by Crippen LogP contribution is -2.27. The third kappa shape index (κ3) is 2.54. The van der Waals surface area contributed by atoms with Crippen molar-refractivity contribution in [3.63, 3.8) is 0 Å². The summed E-state index contributed by atoms with van der Waals surface area (Å²) in [5, 5.41) is -0.344. The molecule has 1 aromatic heterocycles. The Bertz CT molecular complexity index is 738. The Morgan fingerprint density at radius 1 is 1.40 bits per heavy atom. The number of benzene rings is 1. The molecule has 20 heavy (non-hydrogen) atoms. The number of pyridine rings is 1. The maximum atomic E-state index is 13.9. The molecule has 0 bridgehead atoms. The second-order valence-electron chi connectivity index (χ2n) is 4.00. The van der Waals surface area contributed by atoms with Gasteiger partial charge in [-0.05, 0) is 24.3 Å². The van der Waals surface area contributed by atoms with E-state index in [4.69, 9.17) is 17.3 Å². The Morgan fingerprint density at radius 3 is 2.70 bits per heavy atom. The average Bonchev–Trinajstić information content (AvgIpc) is 2.42. The number of hydrogen-bond donors (Lipinski definition) is 1. The number of nitrogens with zero attached hydrogens (tertiary/aromatic N) is 2. The van der Waals surface area contributed by atoms with Gasteiger partial charge in [0.15, 0.2) is 5.82 Å². The van der Waals surface area contributed by atoms with Gasteiger partial charge in [-0.25, -0.2) is 12.8 Å². The van der Waals surface area contributed by atoms with Crippen molar-refractivity contribution < 1.29 is 12.8 Å². The van der Waals surface area contributed by atoms with Crippen LogP contribution in [0.15, 0.2) is 41.6 Å². The van der Waals surface area contributed by atoms with Gasteiger partial charge >= 0.3 is 0 Å². The fourth-order valence-electron chi connectivity index (χ4n) is 1.60. The molecule has 0 saturated heterocycles. The molecule has 0 aliphatic carbocycles. The van der Waals surface area contributed by atoms with Gasteiger partial charge in [0.2, 0.25) is 0 Å². The zero-order chi connectivity index (χ0) is 14.9. The minimum atomic E-state index is -4.11. The zero-order valence-corrected chi connectivity index (χ0v) is 12.0. The molecule has 0 fully saturated rings. The summed E-state index contributed by atoms with van der Waals surface area (Å²) < 4.78 is 39.7. The molecule has 8 heteroatoms. The molecule has 0 amide bonds. The average molecular weight is 316 g/mol. The van der Waals surface area contributed by atoms with Crippen molar-refractivity contribution in [1.29, 1.82) is 0 Å². The summed E-state index contributed by atoms with van der Waals surface area (Å²) in [4.78, 5) is 3.24. The normalized spacial score (nSPS) is 11.3. The van der Waals surface area contributed by atoms with E-state index in [1.165, 1.54) is 25.5 Å². The monoisotopic (exact) mass is 315 g/mol. The van der Waals surface area contributed by atoms with Crippen LogP contribution >= 0.6 is 11.6 Å². The van der Waals surface area contributed by atoms with Crippen molar-refractivity contribution >= 4 is 33.0 Å². The molecule has 1 heterocycles. The van der Waals surface area contributed by atoms with E-state index in [1.54, 1.807) is 6.07 Å². The van der Waals surface area contributed by atoms with E-state index < -0.39 is 20.7 Å². The van der Waals surface area contributed by atoms with Gasteiger partial charge in [0, 0.05) is 18.9 Å². The Labute approximate surface area is 120 Å². The van der Waals surface area contributed by atoms with E-state index in [1.807, 2.05) is 0 Å². The Kier molecular flexibility index (Phi) is 3.82. The lowest BCUT2D eigenvalue weighted by molar-refractivity contribution is 0.566. The summed E-state index contributed by atoms with van der Waals surface area (Å²) in [6.45, 7) is 0. The van der Waals surface area contributed by atoms with Gasteiger partial charge in [0.1, 0.15) is 4.90 Å². The number of anilines is 2. The van der Waals surface area contributed by atoms with Crippen LogP contribution in [0, 0.1) is 5.82 Å². The molecule has 0 unspecified atom stereocenters. The third-order valence-electron chi connectivity index (χ3n) is 2.67. The number of sulfonamides is 1. The van der Waals surface area contributed by atoms with Crippen molar-refractivity contribution in [3.05, 3.63) is 47.5 Å². The largest absolute Gasteiger partial charge is 0.399 e. The van der Waals surface area contributed by atoms with Crippen molar-refractivity contribution in [2.75, 3.05) is 17.1 Å². The van der Waals surface area contributed by atoms with Crippen LogP contribution in [0.25, 0.3) is 0 Å². The molecule has 106 valence electrons. The van der Waals surface area contributed by atoms with Crippen molar-refractivity contribution in [3.8, 4) is 0 Å². The maximum absolute atomic E-state index is 13.9. The second-order valence-corrected chi connectivity index (χ2v) is 6.34. The number of rotatable bonds is 3. The van der Waals surface area contributed by atoms with Crippen LogP contribution in [0.5, 0.6) is 0 Å². The van der Waals surface area contributed by atoms with Crippen LogP contribution in [0.1, 0.15) is 0 Å². The molecule has 2 N–H and O–H groups in total. The molecule has 0 atom stereocenters. The summed E-state index contributed by atoms with van der Waals surface area (Å²) in [7, 11) is -2.82. The Hall–Kier alpha value is -1.86. The highest BCUT2D eigenvalue weighted by Crippen LogP contribution is 2.29. The summed E-state index contributed by atoms with van der Waals surface area (Å²) in [6.07, 6.45) is 2.85. The molecule has 2 rings (SSSR count). The number of halogens is 2. The summed E-state index contributed by atoms with van der Waals surface area (Å²) in [5.74, 6) is -1.03. The van der Waals surface area contributed by atoms with Gasteiger partial charge in [-0.15, -0.1) is 0 Å². The minimum Gasteiger partial charge on any atom is -0.399 e. The van der Waals surface area contributed by atoms with E-state index in [0.29, 0.717) is 5.69 Å². The Morgan fingerprint density at radius 2 is 2.10 bits per heavy atom. The highest BCUT2D eigenvalue weighted by atomic mass is 35.5. The highest BCUT2D eigenvalue weighted by molar-refractivity contribution is 7.92. The van der Waals surface area contributed by atoms with E-state index in [0.717, 1.165) is 16.4 Å². The molecule has 0 spiro atoms. The van der Waals surface area contributed by atoms with Gasteiger partial charge in [0.05, 0.1) is 16.9 Å². The first-order valence-electron chi connectivity index (χ1n) is 5.47. The van der Waals surface area contributed by atoms with Crippen LogP contribution in [0.4, 0.5) is 15.8 Å². The topological polar surface area (TPSA) is 76.3 Å². The van der Waals surface area contributed by atoms with Crippen LogP contribution in [0.3, 0.4) is 0 Å². The summed E-state index contributed by atoms with van der Waals surface area (Å²) >= 11 is 5.63. The zero-order valence-electron chi connectivity index (χ0n) is 10.4. The smallest absolute Gasteiger partial charge is 0.267 e. The fraction of sp³-hybridized carbons (Fsp3) is 0.0833. The minimum absolute atomic E-state index is 0.0644. The number of nitrogen functional groups attached to an aromatic ring is 1. The molecule has 0 aliphatic heterocycles. The fourth-order valence-corrected chi connectivity index (χ4v) is 3.18. The van der Waals surface area contributed by atoms with Crippen LogP contribution in [0.2, 0.25) is 5.02 Å². The van der Waals surface area contributed by atoms with Gasteiger partial charge in [0.25, 0.3) is 10.0 Å². The van der Waals surface area contributed by atoms with E-state index in [9.17, 15) is 12.8 Å². The van der Waals surface area contributed by atoms with Gasteiger partial charge < -0.3 is 5.73 Å². The summed E-state index contributed by atoms with van der Waals surface area (Å²) in [6, 6.07) is 5.30. The molecule has 0 radical (unpaired) electrons. The summed E-state index contributed by atoms with van der Waals surface area (Å²) in [5.41, 5.74) is 5.88. The van der Waals surface area contributed by atoms with E-state index >= 15 is 0 Å². The lowest BCUT2D eigenvalue weighted by atomic mass is 10.3. The maximum Gasteiger partial charge on any atom is 0.267 e. The lowest BCUT2D eigenvalue weighted by Gasteiger charge is -2.19. The molecule has 2 aromatic rings. The van der Waals surface area contributed by atoms with Crippen LogP contribution in [-0.2, 0) is 10.0 Å². The molecular formula is C12H11ClFN3O2S. The van der Waals surface area contributed by atoms with E-state index in [2.05, 4.69) is 4.98 Å². The van der Waals surface area contributed by atoms with Crippen molar-refractivity contribution in [1.82, 2.24) is 4.98 Å². The number of hydrogen-bond acceptors (Lipinski definition) is 4. The van der Waals surface area contributed by atoms with Crippen molar-refractivity contribution in [2.45, 2.75) is 4.90 Å².